The van der Waals surface area contributed by atoms with Gasteiger partial charge in [-0.05, 0) is 24.1 Å². The van der Waals surface area contributed by atoms with E-state index in [0.717, 1.165) is 11.1 Å². The third kappa shape index (κ3) is 5.28. The molecule has 0 aliphatic carbocycles. The lowest BCUT2D eigenvalue weighted by Crippen LogP contribution is -2.34. The Kier molecular flexibility index (Phi) is 6.21. The lowest BCUT2D eigenvalue weighted by Gasteiger charge is -2.18. The van der Waals surface area contributed by atoms with Crippen molar-refractivity contribution in [3.05, 3.63) is 70.2 Å². The molecule has 0 bridgehead atoms. The molecule has 2 rings (SSSR count). The number of halogens is 1. The predicted molar refractivity (Wildman–Crippen MR) is 92.5 cm³/mol. The molecule has 2 amide bonds. The van der Waals surface area contributed by atoms with Crippen LogP contribution in [-0.4, -0.2) is 12.0 Å². The van der Waals surface area contributed by atoms with Crippen LogP contribution < -0.4 is 11.1 Å². The fourth-order valence-corrected chi connectivity index (χ4v) is 2.51. The van der Waals surface area contributed by atoms with Crippen molar-refractivity contribution >= 4 is 23.6 Å². The highest BCUT2D eigenvalue weighted by Gasteiger charge is 2.20. The van der Waals surface area contributed by atoms with Gasteiger partial charge in [-0.1, -0.05) is 59.6 Å². The molecule has 1 atom stereocenters. The van der Waals surface area contributed by atoms with Crippen molar-refractivity contribution in [3.8, 4) is 0 Å². The van der Waals surface area contributed by atoms with Crippen molar-refractivity contribution in [2.75, 3.05) is 0 Å². The van der Waals surface area contributed by atoms with Crippen LogP contribution in [0.2, 0.25) is 5.02 Å². The highest BCUT2D eigenvalue weighted by Crippen LogP contribution is 2.25. The average Bonchev–Trinajstić information content (AvgIpc) is 2.54. The summed E-state index contributed by atoms with van der Waals surface area (Å²) in [4.78, 5) is 23.3. The van der Waals surface area contributed by atoms with E-state index in [-0.39, 0.29) is 13.0 Å². The molecule has 0 aliphatic heterocycles. The zero-order valence-electron chi connectivity index (χ0n) is 13.3. The molecule has 0 aromatic heterocycles. The molecule has 0 heterocycles. The van der Waals surface area contributed by atoms with Crippen LogP contribution in [-0.2, 0) is 16.1 Å². The summed E-state index contributed by atoms with van der Waals surface area (Å²) in [7, 11) is 0. The molecule has 6 heteroatoms. The minimum absolute atomic E-state index is 0.0570. The van der Waals surface area contributed by atoms with Gasteiger partial charge in [0.25, 0.3) is 0 Å². The van der Waals surface area contributed by atoms with Crippen molar-refractivity contribution < 1.29 is 14.3 Å². The number of nitrogens with one attached hydrogen (secondary N) is 1. The second-order valence-electron chi connectivity index (χ2n) is 5.43. The number of benzene rings is 2. The fourth-order valence-electron chi connectivity index (χ4n) is 2.24. The normalized spacial score (nSPS) is 11.6. The Morgan fingerprint density at radius 1 is 1.17 bits per heavy atom. The molecule has 24 heavy (non-hydrogen) atoms. The number of urea groups is 1. The number of primary amides is 1. The summed E-state index contributed by atoms with van der Waals surface area (Å²) in [6, 6.07) is 13.3. The first-order valence-corrected chi connectivity index (χ1v) is 7.85. The second kappa shape index (κ2) is 8.36. The zero-order chi connectivity index (χ0) is 17.5. The van der Waals surface area contributed by atoms with Crippen LogP contribution in [0, 0.1) is 6.92 Å². The van der Waals surface area contributed by atoms with Crippen LogP contribution >= 0.6 is 11.6 Å². The molecule has 0 fully saturated rings. The van der Waals surface area contributed by atoms with Gasteiger partial charge in [0.05, 0.1) is 12.5 Å². The Bertz CT molecular complexity index is 716. The molecule has 5 nitrogen and oxygen atoms in total. The molecule has 0 spiro atoms. The van der Waals surface area contributed by atoms with Gasteiger partial charge in [-0.3, -0.25) is 4.79 Å². The van der Waals surface area contributed by atoms with E-state index in [1.54, 1.807) is 24.3 Å². The van der Waals surface area contributed by atoms with Gasteiger partial charge in [0.15, 0.2) is 0 Å². The maximum absolute atomic E-state index is 12.1. The van der Waals surface area contributed by atoms with Gasteiger partial charge in [-0.25, -0.2) is 4.79 Å². The average molecular weight is 347 g/mol. The third-order valence-electron chi connectivity index (χ3n) is 3.49. The molecule has 0 saturated heterocycles. The fraction of sp³-hybridized carbons (Fsp3) is 0.222. The number of carbonyl (C=O) groups is 2. The van der Waals surface area contributed by atoms with Crippen LogP contribution in [0.5, 0.6) is 0 Å². The predicted octanol–water partition coefficient (Wildman–Crippen LogP) is 3.49. The Labute approximate surface area is 145 Å². The van der Waals surface area contributed by atoms with Gasteiger partial charge >= 0.3 is 12.0 Å². The second-order valence-corrected chi connectivity index (χ2v) is 5.84. The Hall–Kier alpha value is -2.53. The summed E-state index contributed by atoms with van der Waals surface area (Å²) >= 11 is 6.13. The van der Waals surface area contributed by atoms with Crippen LogP contribution in [0.25, 0.3) is 0 Å². The Balaban J connectivity index is 2.00. The van der Waals surface area contributed by atoms with Crippen LogP contribution in [0.3, 0.4) is 0 Å². The maximum Gasteiger partial charge on any atom is 0.312 e. The molecule has 0 aliphatic rings. The number of aryl methyl sites for hydroxylation is 1. The van der Waals surface area contributed by atoms with Crippen molar-refractivity contribution in [2.24, 2.45) is 5.73 Å². The highest BCUT2D eigenvalue weighted by atomic mass is 35.5. The highest BCUT2D eigenvalue weighted by molar-refractivity contribution is 6.31. The van der Waals surface area contributed by atoms with Crippen molar-refractivity contribution in [1.29, 1.82) is 0 Å². The summed E-state index contributed by atoms with van der Waals surface area (Å²) in [6.07, 6.45) is -0.0570. The Morgan fingerprint density at radius 3 is 2.46 bits per heavy atom. The number of amides is 2. The van der Waals surface area contributed by atoms with E-state index in [1.165, 1.54) is 0 Å². The van der Waals surface area contributed by atoms with E-state index >= 15 is 0 Å². The smallest absolute Gasteiger partial charge is 0.312 e. The van der Waals surface area contributed by atoms with Gasteiger partial charge < -0.3 is 15.8 Å². The molecule has 0 radical (unpaired) electrons. The number of ether oxygens (including phenoxy) is 1. The van der Waals surface area contributed by atoms with Crippen molar-refractivity contribution in [2.45, 2.75) is 26.0 Å². The number of nitrogens with two attached hydrogens (primary N) is 1. The molecule has 126 valence electrons. The van der Waals surface area contributed by atoms with Gasteiger partial charge in [-0.15, -0.1) is 0 Å². The topological polar surface area (TPSA) is 81.4 Å². The van der Waals surface area contributed by atoms with Gasteiger partial charge in [-0.2, -0.15) is 0 Å². The van der Waals surface area contributed by atoms with Gasteiger partial charge in [0.2, 0.25) is 0 Å². The summed E-state index contributed by atoms with van der Waals surface area (Å²) in [5, 5.41) is 2.97. The van der Waals surface area contributed by atoms with E-state index in [4.69, 9.17) is 22.1 Å². The molecule has 2 aromatic rings. The summed E-state index contributed by atoms with van der Waals surface area (Å²) in [5.41, 5.74) is 7.83. The maximum atomic E-state index is 12.1. The minimum atomic E-state index is -0.730. The van der Waals surface area contributed by atoms with E-state index in [0.29, 0.717) is 10.6 Å². The summed E-state index contributed by atoms with van der Waals surface area (Å²) in [5.74, 6) is -0.450. The number of hydrogen-bond donors (Lipinski definition) is 2. The molecule has 2 aromatic carbocycles. The lowest BCUT2D eigenvalue weighted by atomic mass is 10.0. The Morgan fingerprint density at radius 2 is 1.83 bits per heavy atom. The van der Waals surface area contributed by atoms with Crippen LogP contribution in [0.15, 0.2) is 48.5 Å². The summed E-state index contributed by atoms with van der Waals surface area (Å²) in [6.45, 7) is 2.16. The van der Waals surface area contributed by atoms with Gasteiger partial charge in [0, 0.05) is 5.02 Å². The molecule has 0 unspecified atom stereocenters. The monoisotopic (exact) mass is 346 g/mol. The molecular formula is C18H19ClN2O3. The van der Waals surface area contributed by atoms with Crippen molar-refractivity contribution in [1.82, 2.24) is 5.32 Å². The largest absolute Gasteiger partial charge is 0.461 e. The van der Waals surface area contributed by atoms with E-state index < -0.39 is 18.0 Å². The number of hydrogen-bond acceptors (Lipinski definition) is 3. The van der Waals surface area contributed by atoms with Gasteiger partial charge in [0.1, 0.15) is 6.61 Å². The van der Waals surface area contributed by atoms with E-state index in [2.05, 4.69) is 5.32 Å². The number of esters is 1. The van der Waals surface area contributed by atoms with Crippen LogP contribution in [0.1, 0.15) is 29.2 Å². The molecule has 0 saturated carbocycles. The van der Waals surface area contributed by atoms with Crippen LogP contribution in [0.4, 0.5) is 4.79 Å². The minimum Gasteiger partial charge on any atom is -0.461 e. The summed E-state index contributed by atoms with van der Waals surface area (Å²) < 4.78 is 5.27. The molecule has 3 N–H and O–H groups in total. The van der Waals surface area contributed by atoms with Crippen molar-refractivity contribution in [3.63, 3.8) is 0 Å². The molecular weight excluding hydrogens is 328 g/mol. The lowest BCUT2D eigenvalue weighted by molar-refractivity contribution is -0.145. The quantitative estimate of drug-likeness (QED) is 0.785. The first kappa shape index (κ1) is 17.8. The number of carbonyl (C=O) groups excluding carboxylic acids is 2. The first-order valence-electron chi connectivity index (χ1n) is 7.47. The van der Waals surface area contributed by atoms with E-state index in [1.807, 2.05) is 31.2 Å². The standard InChI is InChI=1S/C18H19ClN2O3/c1-12-6-8-13(9-7-12)11-24-17(22)10-16(21-18(20)23)14-4-2-3-5-15(14)19/h2-9,16H,10-11H2,1H3,(H3,20,21,23)/t16-/m1/s1. The first-order chi connectivity index (χ1) is 11.5. The van der Waals surface area contributed by atoms with E-state index in [9.17, 15) is 9.59 Å². The third-order valence-corrected chi connectivity index (χ3v) is 3.83. The zero-order valence-corrected chi connectivity index (χ0v) is 14.0. The number of rotatable bonds is 6. The SMILES string of the molecule is Cc1ccc(COC(=O)C[C@@H](NC(N)=O)c2ccccc2Cl)cc1.